The van der Waals surface area contributed by atoms with E-state index in [2.05, 4.69) is 11.4 Å². The number of carboxylic acids is 1. The van der Waals surface area contributed by atoms with E-state index < -0.39 is 17.8 Å². The minimum atomic E-state index is -0.769. The quantitative estimate of drug-likeness (QED) is 0.339. The predicted molar refractivity (Wildman–Crippen MR) is 118 cm³/mol. The first-order valence-corrected chi connectivity index (χ1v) is 11.2. The molecule has 0 aromatic heterocycles. The molecule has 1 aromatic rings. The summed E-state index contributed by atoms with van der Waals surface area (Å²) >= 11 is 0. The standard InChI is InChI=1S/C24H32N2O5/c1-2-26(17-10-6-5-7-11-17)24(30)23(29)25-16-19-18(20-14-15-21(19)31-20)12-8-3-4-9-13-22(27)28/h3,5-8,10-11,18-21H,2,4,9,12-16H2,1H3,(H,25,29)(H,27,28)/b8-3-/t18-,19-,20-,21+/m1/s1. The number of amides is 2. The van der Waals surface area contributed by atoms with Gasteiger partial charge in [0.1, 0.15) is 0 Å². The molecule has 7 nitrogen and oxygen atoms in total. The summed E-state index contributed by atoms with van der Waals surface area (Å²) in [7, 11) is 0. The summed E-state index contributed by atoms with van der Waals surface area (Å²) in [6, 6.07) is 9.19. The largest absolute Gasteiger partial charge is 0.481 e. The number of benzene rings is 1. The molecular formula is C24H32N2O5. The number of rotatable bonds is 10. The van der Waals surface area contributed by atoms with Gasteiger partial charge in [0.2, 0.25) is 0 Å². The molecule has 2 N–H and O–H groups in total. The third kappa shape index (κ3) is 5.94. The van der Waals surface area contributed by atoms with Gasteiger partial charge in [0.15, 0.2) is 0 Å². The average Bonchev–Trinajstić information content (AvgIpc) is 3.37. The number of likely N-dealkylation sites (N-methyl/N-ethyl adjacent to an activating group) is 1. The Morgan fingerprint density at radius 3 is 2.52 bits per heavy atom. The maximum atomic E-state index is 12.7. The Morgan fingerprint density at radius 2 is 1.84 bits per heavy atom. The Kier molecular flexibility index (Phi) is 8.23. The van der Waals surface area contributed by atoms with Crippen molar-refractivity contribution in [2.45, 2.75) is 57.7 Å². The zero-order valence-electron chi connectivity index (χ0n) is 18.0. The molecule has 2 saturated heterocycles. The van der Waals surface area contributed by atoms with Gasteiger partial charge in [0.05, 0.1) is 12.2 Å². The van der Waals surface area contributed by atoms with Gasteiger partial charge in [-0.2, -0.15) is 0 Å². The van der Waals surface area contributed by atoms with Crippen LogP contribution in [0.1, 0.15) is 45.4 Å². The molecule has 2 bridgehead atoms. The van der Waals surface area contributed by atoms with Gasteiger partial charge in [-0.25, -0.2) is 0 Å². The Bertz CT molecular complexity index is 794. The lowest BCUT2D eigenvalue weighted by Crippen LogP contribution is -2.46. The smallest absolute Gasteiger partial charge is 0.316 e. The molecule has 7 heteroatoms. The van der Waals surface area contributed by atoms with E-state index in [0.717, 1.165) is 25.7 Å². The van der Waals surface area contributed by atoms with Crippen molar-refractivity contribution in [1.29, 1.82) is 0 Å². The SMILES string of the molecule is CCN(C(=O)C(=O)NC[C@@H]1[C@@H](C/C=C\CCCC(=O)O)[C@H]2CC[C@@H]1O2)c1ccccc1. The Balaban J connectivity index is 1.51. The van der Waals surface area contributed by atoms with E-state index in [0.29, 0.717) is 31.1 Å². The molecule has 168 valence electrons. The van der Waals surface area contributed by atoms with E-state index in [9.17, 15) is 14.4 Å². The maximum absolute atomic E-state index is 12.7. The lowest BCUT2D eigenvalue weighted by Gasteiger charge is -2.28. The van der Waals surface area contributed by atoms with Crippen LogP contribution in [0.5, 0.6) is 0 Å². The number of aliphatic carboxylic acids is 1. The van der Waals surface area contributed by atoms with Crippen LogP contribution in [0, 0.1) is 11.8 Å². The van der Waals surface area contributed by atoms with Gasteiger partial charge in [-0.1, -0.05) is 30.4 Å². The number of anilines is 1. The van der Waals surface area contributed by atoms with Gasteiger partial charge in [-0.05, 0) is 57.1 Å². The van der Waals surface area contributed by atoms with Gasteiger partial charge < -0.3 is 20.1 Å². The number of hydrogen-bond acceptors (Lipinski definition) is 4. The number of ether oxygens (including phenoxy) is 1. The van der Waals surface area contributed by atoms with Gasteiger partial charge in [-0.3, -0.25) is 14.4 Å². The number of carbonyl (C=O) groups is 3. The highest BCUT2D eigenvalue weighted by Crippen LogP contribution is 2.44. The van der Waals surface area contributed by atoms with Gasteiger partial charge >= 0.3 is 17.8 Å². The summed E-state index contributed by atoms with van der Waals surface area (Å²) in [5, 5.41) is 11.6. The third-order valence-corrected chi connectivity index (χ3v) is 6.25. The van der Waals surface area contributed by atoms with Crippen LogP contribution in [0.2, 0.25) is 0 Å². The van der Waals surface area contributed by atoms with Crippen molar-refractivity contribution in [3.8, 4) is 0 Å². The van der Waals surface area contributed by atoms with E-state index >= 15 is 0 Å². The summed E-state index contributed by atoms with van der Waals surface area (Å²) < 4.78 is 6.08. The van der Waals surface area contributed by atoms with Crippen LogP contribution in [0.25, 0.3) is 0 Å². The summed E-state index contributed by atoms with van der Waals surface area (Å²) in [6.07, 6.45) is 8.89. The lowest BCUT2D eigenvalue weighted by molar-refractivity contribution is -0.137. The Labute approximate surface area is 183 Å². The van der Waals surface area contributed by atoms with Crippen molar-refractivity contribution >= 4 is 23.5 Å². The van der Waals surface area contributed by atoms with Gasteiger partial charge in [0.25, 0.3) is 0 Å². The topological polar surface area (TPSA) is 95.9 Å². The molecule has 3 rings (SSSR count). The number of para-hydroxylation sites is 1. The highest BCUT2D eigenvalue weighted by molar-refractivity contribution is 6.40. The lowest BCUT2D eigenvalue weighted by atomic mass is 9.77. The van der Waals surface area contributed by atoms with Crippen LogP contribution < -0.4 is 10.2 Å². The second-order valence-electron chi connectivity index (χ2n) is 8.21. The van der Waals surface area contributed by atoms with E-state index in [1.807, 2.05) is 43.3 Å². The first kappa shape index (κ1) is 23.0. The van der Waals surface area contributed by atoms with E-state index in [-0.39, 0.29) is 24.5 Å². The van der Waals surface area contributed by atoms with Crippen LogP contribution in [0.15, 0.2) is 42.5 Å². The van der Waals surface area contributed by atoms with Crippen LogP contribution in [-0.4, -0.2) is 48.2 Å². The van der Waals surface area contributed by atoms with Crippen molar-refractivity contribution < 1.29 is 24.2 Å². The molecule has 0 radical (unpaired) electrons. The molecular weight excluding hydrogens is 396 g/mol. The Hall–Kier alpha value is -2.67. The molecule has 4 atom stereocenters. The first-order valence-electron chi connectivity index (χ1n) is 11.2. The molecule has 2 aliphatic heterocycles. The normalized spacial score (nSPS) is 24.4. The average molecular weight is 429 g/mol. The van der Waals surface area contributed by atoms with Crippen LogP contribution in [0.3, 0.4) is 0 Å². The monoisotopic (exact) mass is 428 g/mol. The number of unbranched alkanes of at least 4 members (excludes halogenated alkanes) is 1. The summed E-state index contributed by atoms with van der Waals surface area (Å²) in [5.74, 6) is -1.41. The zero-order chi connectivity index (χ0) is 22.2. The second-order valence-corrected chi connectivity index (χ2v) is 8.21. The summed E-state index contributed by atoms with van der Waals surface area (Å²) in [6.45, 7) is 2.69. The number of allylic oxidation sites excluding steroid dienone is 2. The number of nitrogens with one attached hydrogen (secondary N) is 1. The van der Waals surface area contributed by atoms with Crippen molar-refractivity contribution in [2.24, 2.45) is 11.8 Å². The number of fused-ring (bicyclic) bond motifs is 2. The molecule has 0 unspecified atom stereocenters. The zero-order valence-corrected chi connectivity index (χ0v) is 18.0. The van der Waals surface area contributed by atoms with Gasteiger partial charge in [-0.15, -0.1) is 0 Å². The highest BCUT2D eigenvalue weighted by Gasteiger charge is 2.48. The van der Waals surface area contributed by atoms with E-state index in [1.54, 1.807) is 0 Å². The number of hydrogen-bond donors (Lipinski definition) is 2. The first-order chi connectivity index (χ1) is 15.0. The number of nitrogens with zero attached hydrogens (tertiary/aromatic N) is 1. The van der Waals surface area contributed by atoms with Crippen LogP contribution >= 0.6 is 0 Å². The van der Waals surface area contributed by atoms with Crippen LogP contribution in [0.4, 0.5) is 5.69 Å². The Morgan fingerprint density at radius 1 is 1.13 bits per heavy atom. The summed E-state index contributed by atoms with van der Waals surface area (Å²) in [5.41, 5.74) is 0.708. The van der Waals surface area contributed by atoms with Crippen molar-refractivity contribution in [3.05, 3.63) is 42.5 Å². The maximum Gasteiger partial charge on any atom is 0.316 e. The number of carbonyl (C=O) groups excluding carboxylic acids is 2. The fourth-order valence-corrected chi connectivity index (χ4v) is 4.68. The minimum absolute atomic E-state index is 0.127. The molecule has 2 heterocycles. The van der Waals surface area contributed by atoms with Crippen molar-refractivity contribution in [3.63, 3.8) is 0 Å². The van der Waals surface area contributed by atoms with E-state index in [1.165, 1.54) is 4.90 Å². The second kappa shape index (κ2) is 11.1. The summed E-state index contributed by atoms with van der Waals surface area (Å²) in [4.78, 5) is 37.3. The van der Waals surface area contributed by atoms with Gasteiger partial charge in [0, 0.05) is 31.1 Å². The molecule has 2 fully saturated rings. The van der Waals surface area contributed by atoms with E-state index in [4.69, 9.17) is 9.84 Å². The molecule has 0 aliphatic carbocycles. The molecule has 31 heavy (non-hydrogen) atoms. The van der Waals surface area contributed by atoms with Crippen molar-refractivity contribution in [1.82, 2.24) is 5.32 Å². The van der Waals surface area contributed by atoms with Crippen LogP contribution in [-0.2, 0) is 19.1 Å². The molecule has 1 aromatic carbocycles. The highest BCUT2D eigenvalue weighted by atomic mass is 16.5. The molecule has 0 saturated carbocycles. The fraction of sp³-hybridized carbons (Fsp3) is 0.542. The minimum Gasteiger partial charge on any atom is -0.481 e. The molecule has 0 spiro atoms. The van der Waals surface area contributed by atoms with Crippen molar-refractivity contribution in [2.75, 3.05) is 18.0 Å². The molecule has 2 amide bonds. The third-order valence-electron chi connectivity index (χ3n) is 6.25. The predicted octanol–water partition coefficient (Wildman–Crippen LogP) is 3.15. The fourth-order valence-electron chi connectivity index (χ4n) is 4.68. The number of carboxylic acid groups (broad SMARTS) is 1. The molecule has 2 aliphatic rings.